The summed E-state index contributed by atoms with van der Waals surface area (Å²) in [6, 6.07) is 7.43. The Morgan fingerprint density at radius 3 is 1.77 bits per heavy atom. The van der Waals surface area contributed by atoms with E-state index in [4.69, 9.17) is 4.74 Å². The van der Waals surface area contributed by atoms with Crippen molar-refractivity contribution < 1.29 is 47.3 Å². The molecule has 4 heterocycles. The van der Waals surface area contributed by atoms with E-state index in [1.54, 1.807) is 12.4 Å². The lowest BCUT2D eigenvalue weighted by Crippen LogP contribution is -2.19. The van der Waals surface area contributed by atoms with E-state index in [9.17, 15) is 33.8 Å². The largest absolute Gasteiger partial charge is 0.490 e. The third-order valence-electron chi connectivity index (χ3n) is 7.24. The molecule has 4 aromatic heterocycles. The predicted molar refractivity (Wildman–Crippen MR) is 170 cm³/mol. The second kappa shape index (κ2) is 14.5. The number of anilines is 2. The third kappa shape index (κ3) is 7.24. The molecule has 0 unspecified atom stereocenters. The summed E-state index contributed by atoms with van der Waals surface area (Å²) >= 11 is 0. The molecular weight excluding hydrogens is 693 g/mol. The zero-order valence-corrected chi connectivity index (χ0v) is 26.1. The van der Waals surface area contributed by atoms with Crippen molar-refractivity contribution in [3.63, 3.8) is 0 Å². The normalized spacial score (nSPS) is 10.8. The van der Waals surface area contributed by atoms with E-state index in [0.717, 1.165) is 6.07 Å². The molecule has 0 saturated heterocycles. The number of rotatable bonds is 12. The van der Waals surface area contributed by atoms with Crippen LogP contribution in [0, 0.1) is 17.5 Å². The minimum atomic E-state index is -1.84. The number of benzene rings is 2. The first-order valence-corrected chi connectivity index (χ1v) is 14.7. The van der Waals surface area contributed by atoms with Crippen molar-refractivity contribution in [1.82, 2.24) is 39.5 Å². The second-order valence-corrected chi connectivity index (χ2v) is 10.5. The van der Waals surface area contributed by atoms with Crippen LogP contribution in [0.25, 0.3) is 11.6 Å². The lowest BCUT2D eigenvalue weighted by Gasteiger charge is -2.15. The number of ether oxygens (including phenoxy) is 1. The van der Waals surface area contributed by atoms with Crippen molar-refractivity contribution in [2.75, 3.05) is 17.2 Å². The van der Waals surface area contributed by atoms with Gasteiger partial charge in [-0.25, -0.2) is 32.7 Å². The van der Waals surface area contributed by atoms with Crippen molar-refractivity contribution in [2.24, 2.45) is 0 Å². The third-order valence-corrected chi connectivity index (χ3v) is 7.24. The molecule has 2 amide bonds. The highest BCUT2D eigenvalue weighted by atomic mass is 19.1. The lowest BCUT2D eigenvalue weighted by atomic mass is 10.0. The number of carbonyl (C=O) groups is 4. The Morgan fingerprint density at radius 2 is 1.29 bits per heavy atom. The molecule has 0 atom stereocenters. The predicted octanol–water partition coefficient (Wildman–Crippen LogP) is 3.58. The SMILES string of the molecule is O=C(Nc1cc(OCCc2c(F)cc(NC(=O)c3ccc(-n4ccnc4)nn3)c(C(=O)O)c2F)c(F)cc1C(=O)O)c1ccc(-n2ccnc2)nn1. The van der Waals surface area contributed by atoms with E-state index < -0.39 is 88.0 Å². The summed E-state index contributed by atoms with van der Waals surface area (Å²) in [5, 5.41) is 39.0. The van der Waals surface area contributed by atoms with Crippen molar-refractivity contribution in [1.29, 1.82) is 0 Å². The summed E-state index contributed by atoms with van der Waals surface area (Å²) in [5.74, 6) is -9.30. The summed E-state index contributed by atoms with van der Waals surface area (Å²) in [6.07, 6.45) is 8.41. The van der Waals surface area contributed by atoms with E-state index in [1.807, 2.05) is 0 Å². The molecule has 52 heavy (non-hydrogen) atoms. The number of nitrogens with zero attached hydrogens (tertiary/aromatic N) is 8. The van der Waals surface area contributed by atoms with Gasteiger partial charge >= 0.3 is 11.9 Å². The van der Waals surface area contributed by atoms with Gasteiger partial charge in [0.1, 0.15) is 29.9 Å². The first-order chi connectivity index (χ1) is 25.0. The fraction of sp³-hybridized carbons (Fsp3) is 0.0625. The van der Waals surface area contributed by atoms with Crippen molar-refractivity contribution in [3.8, 4) is 17.4 Å². The molecule has 0 aliphatic rings. The van der Waals surface area contributed by atoms with Crippen LogP contribution >= 0.6 is 0 Å². The first kappa shape index (κ1) is 34.4. The Morgan fingerprint density at radius 1 is 0.712 bits per heavy atom. The standard InChI is InChI=1S/C32H21F3N10O7/c33-18-12-23(39-30(47)21-2-4-26(43-41-21)45-9-7-37-15-45)27(32(50)51)28(35)16(18)5-10-52-24-13-22(17(31(48)49)11-19(24)34)38-29(46)20-1-3-25(42-40-20)44-8-6-36-14-44/h1-4,6-9,11-15H,5,10H2,(H,38,46)(H,39,47)(H,48,49)(H,50,51). The van der Waals surface area contributed by atoms with Gasteiger partial charge in [0, 0.05) is 42.8 Å². The molecule has 0 radical (unpaired) electrons. The maximum atomic E-state index is 15.5. The van der Waals surface area contributed by atoms with Crippen LogP contribution in [0.3, 0.4) is 0 Å². The van der Waals surface area contributed by atoms with Crippen molar-refractivity contribution in [2.45, 2.75) is 6.42 Å². The monoisotopic (exact) mass is 714 g/mol. The number of halogens is 3. The van der Waals surface area contributed by atoms with Gasteiger partial charge in [-0.1, -0.05) is 0 Å². The molecule has 0 bridgehead atoms. The van der Waals surface area contributed by atoms with E-state index >= 15 is 8.78 Å². The van der Waals surface area contributed by atoms with Crippen LogP contribution in [0.15, 0.2) is 79.9 Å². The van der Waals surface area contributed by atoms with Crippen LogP contribution < -0.4 is 15.4 Å². The number of carboxylic acid groups (broad SMARTS) is 2. The highest BCUT2D eigenvalue weighted by Crippen LogP contribution is 2.29. The summed E-state index contributed by atoms with van der Waals surface area (Å²) in [5.41, 5.74) is -4.12. The average Bonchev–Trinajstić information content (AvgIpc) is 3.86. The minimum absolute atomic E-state index is 0.219. The fourth-order valence-electron chi connectivity index (χ4n) is 4.73. The number of nitrogens with one attached hydrogen (secondary N) is 2. The van der Waals surface area contributed by atoms with Crippen LogP contribution in [-0.2, 0) is 6.42 Å². The molecule has 0 fully saturated rings. The summed E-state index contributed by atoms with van der Waals surface area (Å²) in [4.78, 5) is 57.2. The summed E-state index contributed by atoms with van der Waals surface area (Å²) in [6.45, 7) is -0.643. The van der Waals surface area contributed by atoms with Gasteiger partial charge in [-0.15, -0.1) is 20.4 Å². The van der Waals surface area contributed by atoms with Crippen LogP contribution in [0.5, 0.6) is 5.75 Å². The number of carbonyl (C=O) groups excluding carboxylic acids is 2. The molecule has 17 nitrogen and oxygen atoms in total. The van der Waals surface area contributed by atoms with Gasteiger partial charge in [-0.3, -0.25) is 18.7 Å². The van der Waals surface area contributed by atoms with Gasteiger partial charge in [0.05, 0.1) is 23.5 Å². The second-order valence-electron chi connectivity index (χ2n) is 10.5. The zero-order valence-electron chi connectivity index (χ0n) is 26.1. The van der Waals surface area contributed by atoms with Crippen LogP contribution in [0.2, 0.25) is 0 Å². The number of aromatic carboxylic acids is 2. The summed E-state index contributed by atoms with van der Waals surface area (Å²) < 4.78 is 53.9. The lowest BCUT2D eigenvalue weighted by molar-refractivity contribution is 0.0683. The Bertz CT molecular complexity index is 2300. The number of aromatic nitrogens is 8. The molecule has 0 saturated carbocycles. The molecule has 4 N–H and O–H groups in total. The van der Waals surface area contributed by atoms with Gasteiger partial charge in [-0.2, -0.15) is 0 Å². The molecule has 262 valence electrons. The van der Waals surface area contributed by atoms with E-state index in [-0.39, 0.29) is 11.4 Å². The first-order valence-electron chi connectivity index (χ1n) is 14.7. The van der Waals surface area contributed by atoms with E-state index in [2.05, 4.69) is 41.0 Å². The Kier molecular flexibility index (Phi) is 9.61. The fourth-order valence-corrected chi connectivity index (χ4v) is 4.73. The van der Waals surface area contributed by atoms with Crippen molar-refractivity contribution in [3.05, 3.63) is 125 Å². The molecule has 0 aliphatic heterocycles. The van der Waals surface area contributed by atoms with E-state index in [0.29, 0.717) is 23.8 Å². The quantitative estimate of drug-likeness (QED) is 0.142. The summed E-state index contributed by atoms with van der Waals surface area (Å²) in [7, 11) is 0. The number of amides is 2. The maximum Gasteiger partial charge on any atom is 0.340 e. The molecule has 20 heteroatoms. The number of imidazole rings is 2. The van der Waals surface area contributed by atoms with Crippen molar-refractivity contribution >= 4 is 35.1 Å². The average molecular weight is 715 g/mol. The molecule has 2 aromatic carbocycles. The number of carboxylic acids is 2. The maximum absolute atomic E-state index is 15.5. The zero-order chi connectivity index (χ0) is 36.9. The van der Waals surface area contributed by atoms with Gasteiger partial charge in [0.25, 0.3) is 11.8 Å². The van der Waals surface area contributed by atoms with Gasteiger partial charge < -0.3 is 25.6 Å². The highest BCUT2D eigenvalue weighted by molar-refractivity contribution is 6.07. The van der Waals surface area contributed by atoms with E-state index in [1.165, 1.54) is 58.4 Å². The Hall–Kier alpha value is -7.51. The smallest absolute Gasteiger partial charge is 0.340 e. The van der Waals surface area contributed by atoms with Gasteiger partial charge in [0.2, 0.25) is 0 Å². The molecular formula is C32H21F3N10O7. The Balaban J connectivity index is 1.16. The number of hydrogen-bond acceptors (Lipinski definition) is 11. The Labute approximate surface area is 288 Å². The number of hydrogen-bond donors (Lipinski definition) is 4. The van der Waals surface area contributed by atoms with Gasteiger partial charge in [0.15, 0.2) is 34.6 Å². The van der Waals surface area contributed by atoms with Crippen LogP contribution in [-0.4, -0.2) is 80.1 Å². The molecule has 6 aromatic rings. The van der Waals surface area contributed by atoms with Crippen LogP contribution in [0.4, 0.5) is 24.5 Å². The van der Waals surface area contributed by atoms with Gasteiger partial charge in [-0.05, 0) is 36.4 Å². The highest BCUT2D eigenvalue weighted by Gasteiger charge is 2.26. The molecule has 0 spiro atoms. The molecule has 6 rings (SSSR count). The minimum Gasteiger partial charge on any atom is -0.490 e. The van der Waals surface area contributed by atoms with Crippen LogP contribution in [0.1, 0.15) is 47.3 Å². The topological polar surface area (TPSA) is 229 Å². The molecule has 0 aliphatic carbocycles.